The summed E-state index contributed by atoms with van der Waals surface area (Å²) in [5.41, 5.74) is 0. The molecule has 0 aromatic carbocycles. The van der Waals surface area contributed by atoms with E-state index in [4.69, 9.17) is 5.26 Å². The average molecular weight is 209 g/mol. The predicted octanol–water partition coefficient (Wildman–Crippen LogP) is 0.0241. The molecule has 0 aromatic rings. The van der Waals surface area contributed by atoms with Gasteiger partial charge in [-0.1, -0.05) is 0 Å². The highest BCUT2D eigenvalue weighted by atomic mass is 19.4. The van der Waals surface area contributed by atoms with Gasteiger partial charge in [-0.05, 0) is 0 Å². The van der Waals surface area contributed by atoms with Crippen LogP contribution in [0.25, 0.3) is 0 Å². The molecule has 1 unspecified atom stereocenters. The van der Waals surface area contributed by atoms with Crippen LogP contribution in [0.4, 0.5) is 13.2 Å². The monoisotopic (exact) mass is 209 g/mol. The standard InChI is InChI=1S/C7H10F3N3O/c1-12-6(14)4-13-3-5(2-11)7(8,9)10/h5,13H,3-4H2,1H3,(H,12,14). The van der Waals surface area contributed by atoms with Crippen LogP contribution in [0.2, 0.25) is 0 Å². The molecule has 2 N–H and O–H groups in total. The maximum absolute atomic E-state index is 12.0. The number of alkyl halides is 3. The smallest absolute Gasteiger partial charge is 0.358 e. The number of nitrogens with one attached hydrogen (secondary N) is 2. The van der Waals surface area contributed by atoms with E-state index in [9.17, 15) is 18.0 Å². The van der Waals surface area contributed by atoms with Crippen LogP contribution in [0.3, 0.4) is 0 Å². The van der Waals surface area contributed by atoms with Crippen LogP contribution < -0.4 is 10.6 Å². The summed E-state index contributed by atoms with van der Waals surface area (Å²) in [6.45, 7) is -0.807. The Kier molecular flexibility index (Phi) is 4.94. The van der Waals surface area contributed by atoms with Crippen molar-refractivity contribution in [2.75, 3.05) is 20.1 Å². The predicted molar refractivity (Wildman–Crippen MR) is 42.1 cm³/mol. The number of likely N-dealkylation sites (N-methyl/N-ethyl adjacent to an activating group) is 1. The van der Waals surface area contributed by atoms with Crippen LogP contribution in [0, 0.1) is 17.2 Å². The summed E-state index contributed by atoms with van der Waals surface area (Å²) in [5.74, 6) is -2.50. The maximum atomic E-state index is 12.0. The highest BCUT2D eigenvalue weighted by Gasteiger charge is 2.39. The Morgan fingerprint density at radius 1 is 1.57 bits per heavy atom. The Bertz CT molecular complexity index is 233. The quantitative estimate of drug-likeness (QED) is 0.686. The Morgan fingerprint density at radius 2 is 2.14 bits per heavy atom. The van der Waals surface area contributed by atoms with Gasteiger partial charge in [0.2, 0.25) is 5.91 Å². The molecule has 80 valence electrons. The van der Waals surface area contributed by atoms with Crippen molar-refractivity contribution in [2.24, 2.45) is 5.92 Å². The molecule has 0 spiro atoms. The summed E-state index contributed by atoms with van der Waals surface area (Å²) in [6.07, 6.45) is -4.55. The SMILES string of the molecule is CNC(=O)CNCC(C#N)C(F)(F)F. The first-order valence-electron chi connectivity index (χ1n) is 3.79. The summed E-state index contributed by atoms with van der Waals surface area (Å²) < 4.78 is 35.9. The number of carbonyl (C=O) groups is 1. The maximum Gasteiger partial charge on any atom is 0.405 e. The highest BCUT2D eigenvalue weighted by molar-refractivity contribution is 5.77. The van der Waals surface area contributed by atoms with Crippen LogP contribution in [0.5, 0.6) is 0 Å². The Balaban J connectivity index is 3.88. The molecule has 0 aromatic heterocycles. The highest BCUT2D eigenvalue weighted by Crippen LogP contribution is 2.24. The first-order chi connectivity index (χ1) is 6.41. The summed E-state index contributed by atoms with van der Waals surface area (Å²) >= 11 is 0. The summed E-state index contributed by atoms with van der Waals surface area (Å²) in [5, 5.41) is 12.6. The van der Waals surface area contributed by atoms with Crippen LogP contribution >= 0.6 is 0 Å². The molecule has 1 atom stereocenters. The van der Waals surface area contributed by atoms with Gasteiger partial charge in [0.15, 0.2) is 5.92 Å². The Morgan fingerprint density at radius 3 is 2.50 bits per heavy atom. The molecule has 4 nitrogen and oxygen atoms in total. The van der Waals surface area contributed by atoms with E-state index in [0.29, 0.717) is 0 Å². The molecular formula is C7H10F3N3O. The molecule has 0 aliphatic rings. The lowest BCUT2D eigenvalue weighted by Crippen LogP contribution is -2.37. The fourth-order valence-electron chi connectivity index (χ4n) is 0.653. The van der Waals surface area contributed by atoms with Crippen molar-refractivity contribution in [3.63, 3.8) is 0 Å². The van der Waals surface area contributed by atoms with Gasteiger partial charge < -0.3 is 10.6 Å². The number of hydrogen-bond acceptors (Lipinski definition) is 3. The van der Waals surface area contributed by atoms with E-state index in [1.807, 2.05) is 0 Å². The van der Waals surface area contributed by atoms with Gasteiger partial charge in [0.1, 0.15) is 0 Å². The normalized spacial score (nSPS) is 13.1. The zero-order valence-electron chi connectivity index (χ0n) is 7.48. The molecule has 14 heavy (non-hydrogen) atoms. The lowest BCUT2D eigenvalue weighted by molar-refractivity contribution is -0.157. The van der Waals surface area contributed by atoms with Crippen LogP contribution in [0.1, 0.15) is 0 Å². The molecule has 7 heteroatoms. The van der Waals surface area contributed by atoms with Gasteiger partial charge in [-0.25, -0.2) is 0 Å². The molecule has 0 radical (unpaired) electrons. The van der Waals surface area contributed by atoms with Gasteiger partial charge in [0.25, 0.3) is 0 Å². The van der Waals surface area contributed by atoms with E-state index in [0.717, 1.165) is 6.07 Å². The van der Waals surface area contributed by atoms with Crippen molar-refractivity contribution < 1.29 is 18.0 Å². The Labute approximate surface area is 79.1 Å². The second-order valence-electron chi connectivity index (χ2n) is 2.53. The van der Waals surface area contributed by atoms with Crippen molar-refractivity contribution in [1.29, 1.82) is 5.26 Å². The zero-order valence-corrected chi connectivity index (χ0v) is 7.48. The van der Waals surface area contributed by atoms with E-state index in [-0.39, 0.29) is 6.54 Å². The third-order valence-electron chi connectivity index (χ3n) is 1.46. The second-order valence-corrected chi connectivity index (χ2v) is 2.53. The van der Waals surface area contributed by atoms with Gasteiger partial charge in [0.05, 0.1) is 12.6 Å². The van der Waals surface area contributed by atoms with Crippen LogP contribution in [-0.4, -0.2) is 32.2 Å². The Hall–Kier alpha value is -1.29. The minimum absolute atomic E-state index is 0.231. The first-order valence-corrected chi connectivity index (χ1v) is 3.79. The molecule has 0 rings (SSSR count). The molecule has 0 fully saturated rings. The van der Waals surface area contributed by atoms with Crippen molar-refractivity contribution >= 4 is 5.91 Å². The number of rotatable bonds is 4. The molecule has 0 bridgehead atoms. The summed E-state index contributed by atoms with van der Waals surface area (Å²) in [6, 6.07) is 1.11. The second kappa shape index (κ2) is 5.44. The molecular weight excluding hydrogens is 199 g/mol. The van der Waals surface area contributed by atoms with E-state index >= 15 is 0 Å². The largest absolute Gasteiger partial charge is 0.405 e. The zero-order chi connectivity index (χ0) is 11.2. The fourth-order valence-corrected chi connectivity index (χ4v) is 0.653. The fraction of sp³-hybridized carbons (Fsp3) is 0.714. The summed E-state index contributed by atoms with van der Waals surface area (Å²) in [4.78, 5) is 10.6. The number of nitriles is 1. The molecule has 0 aliphatic heterocycles. The lowest BCUT2D eigenvalue weighted by Gasteiger charge is -2.13. The van der Waals surface area contributed by atoms with Crippen molar-refractivity contribution in [3.8, 4) is 6.07 Å². The van der Waals surface area contributed by atoms with Crippen LogP contribution in [-0.2, 0) is 4.79 Å². The minimum atomic E-state index is -4.55. The van der Waals surface area contributed by atoms with Crippen molar-refractivity contribution in [1.82, 2.24) is 10.6 Å². The van der Waals surface area contributed by atoms with Gasteiger partial charge in [-0.3, -0.25) is 4.79 Å². The van der Waals surface area contributed by atoms with Gasteiger partial charge in [0, 0.05) is 13.6 Å². The first kappa shape index (κ1) is 12.7. The number of nitrogens with zero attached hydrogens (tertiary/aromatic N) is 1. The minimum Gasteiger partial charge on any atom is -0.358 e. The molecule has 0 aliphatic carbocycles. The third kappa shape index (κ3) is 4.67. The molecule has 1 amide bonds. The molecule has 0 heterocycles. The topological polar surface area (TPSA) is 64.9 Å². The van der Waals surface area contributed by atoms with Crippen LogP contribution in [0.15, 0.2) is 0 Å². The van der Waals surface area contributed by atoms with Gasteiger partial charge in [-0.15, -0.1) is 0 Å². The summed E-state index contributed by atoms with van der Waals surface area (Å²) in [7, 11) is 1.37. The van der Waals surface area contributed by atoms with E-state index in [2.05, 4.69) is 10.6 Å². The molecule has 0 saturated heterocycles. The molecule has 0 saturated carbocycles. The van der Waals surface area contributed by atoms with E-state index in [1.165, 1.54) is 7.05 Å². The number of amides is 1. The number of halogens is 3. The average Bonchev–Trinajstić information content (AvgIpc) is 2.09. The number of carbonyl (C=O) groups excluding carboxylic acids is 1. The number of hydrogen-bond donors (Lipinski definition) is 2. The third-order valence-corrected chi connectivity index (χ3v) is 1.46. The van der Waals surface area contributed by atoms with Gasteiger partial charge >= 0.3 is 6.18 Å². The van der Waals surface area contributed by atoms with E-state index < -0.39 is 24.5 Å². The lowest BCUT2D eigenvalue weighted by atomic mass is 10.1. The van der Waals surface area contributed by atoms with Gasteiger partial charge in [-0.2, -0.15) is 18.4 Å². The van der Waals surface area contributed by atoms with Crippen molar-refractivity contribution in [2.45, 2.75) is 6.18 Å². The van der Waals surface area contributed by atoms with E-state index in [1.54, 1.807) is 0 Å². The van der Waals surface area contributed by atoms with Crippen molar-refractivity contribution in [3.05, 3.63) is 0 Å².